The fraction of sp³-hybridized carbons (Fsp3) is 0.714. The summed E-state index contributed by atoms with van der Waals surface area (Å²) in [5.74, 6) is 0.0717. The van der Waals surface area contributed by atoms with E-state index in [4.69, 9.17) is 5.73 Å². The van der Waals surface area contributed by atoms with Crippen LogP contribution in [-0.4, -0.2) is 39.9 Å². The average molecular weight is 335 g/mol. The van der Waals surface area contributed by atoms with E-state index in [0.717, 1.165) is 11.0 Å². The van der Waals surface area contributed by atoms with Crippen molar-refractivity contribution in [1.29, 1.82) is 0 Å². The monoisotopic (exact) mass is 335 g/mol. The van der Waals surface area contributed by atoms with Crippen molar-refractivity contribution in [1.82, 2.24) is 14.9 Å². The molecule has 1 unspecified atom stereocenters. The van der Waals surface area contributed by atoms with Crippen LogP contribution in [0.25, 0.3) is 0 Å². The zero-order chi connectivity index (χ0) is 17.7. The number of imidazole rings is 1. The fourth-order valence-electron chi connectivity index (χ4n) is 2.02. The molecule has 0 aliphatic rings. The zero-order valence-corrected chi connectivity index (χ0v) is 13.6. The number of rotatable bonds is 7. The van der Waals surface area contributed by atoms with Gasteiger partial charge in [-0.15, -0.1) is 0 Å². The molecule has 1 aromatic rings. The van der Waals surface area contributed by atoms with Crippen molar-refractivity contribution >= 4 is 5.96 Å². The van der Waals surface area contributed by atoms with E-state index >= 15 is 0 Å². The van der Waals surface area contributed by atoms with Crippen molar-refractivity contribution in [3.63, 3.8) is 0 Å². The molecule has 1 rings (SSSR count). The van der Waals surface area contributed by atoms with Crippen molar-refractivity contribution < 1.29 is 18.3 Å². The van der Waals surface area contributed by atoms with Crippen LogP contribution in [0.3, 0.4) is 0 Å². The summed E-state index contributed by atoms with van der Waals surface area (Å²) in [7, 11) is 1.40. The molecule has 0 aliphatic heterocycles. The maximum absolute atomic E-state index is 13.3. The van der Waals surface area contributed by atoms with Gasteiger partial charge in [-0.25, -0.2) is 4.98 Å². The molecule has 1 aromatic heterocycles. The number of nitrogens with two attached hydrogens (primary N) is 1. The highest BCUT2D eigenvalue weighted by molar-refractivity contribution is 5.77. The van der Waals surface area contributed by atoms with Gasteiger partial charge in [0.25, 0.3) is 0 Å². The van der Waals surface area contributed by atoms with Gasteiger partial charge in [0.2, 0.25) is 5.60 Å². The van der Waals surface area contributed by atoms with Crippen LogP contribution < -0.4 is 11.1 Å². The number of aryl methyl sites for hydroxylation is 1. The molecule has 0 radical (unpaired) electrons. The van der Waals surface area contributed by atoms with Gasteiger partial charge in [-0.3, -0.25) is 4.99 Å². The van der Waals surface area contributed by atoms with Crippen LogP contribution in [-0.2, 0) is 12.6 Å². The third-order valence-corrected chi connectivity index (χ3v) is 3.44. The summed E-state index contributed by atoms with van der Waals surface area (Å²) in [5, 5.41) is 12.7. The number of halogens is 3. The summed E-state index contributed by atoms with van der Waals surface area (Å²) in [4.78, 5) is 7.65. The van der Waals surface area contributed by atoms with Gasteiger partial charge in [0, 0.05) is 39.0 Å². The van der Waals surface area contributed by atoms with E-state index in [2.05, 4.69) is 15.3 Å². The van der Waals surface area contributed by atoms with E-state index in [1.54, 1.807) is 0 Å². The second-order valence-corrected chi connectivity index (χ2v) is 5.85. The number of hydrogen-bond donors (Lipinski definition) is 3. The first-order chi connectivity index (χ1) is 10.6. The minimum absolute atomic E-state index is 0.0648. The average Bonchev–Trinajstić information content (AvgIpc) is 2.83. The summed E-state index contributed by atoms with van der Waals surface area (Å²) in [6.07, 6.45) is -2.08. The van der Waals surface area contributed by atoms with Crippen LogP contribution in [0.1, 0.15) is 32.5 Å². The lowest BCUT2D eigenvalue weighted by molar-refractivity contribution is -0.272. The highest BCUT2D eigenvalue weighted by atomic mass is 19.4. The van der Waals surface area contributed by atoms with Gasteiger partial charge in [0.1, 0.15) is 5.82 Å². The Hall–Kier alpha value is -1.77. The minimum atomic E-state index is -4.85. The molecule has 0 aliphatic carbocycles. The van der Waals surface area contributed by atoms with Gasteiger partial charge >= 0.3 is 6.18 Å². The van der Waals surface area contributed by atoms with Crippen LogP contribution in [0.5, 0.6) is 0 Å². The highest BCUT2D eigenvalue weighted by Gasteiger charge is 2.57. The first-order valence-electron chi connectivity index (χ1n) is 7.38. The Labute approximate surface area is 133 Å². The van der Waals surface area contributed by atoms with E-state index in [1.807, 2.05) is 13.8 Å². The Kier molecular flexibility index (Phi) is 6.43. The topological polar surface area (TPSA) is 88.5 Å². The van der Waals surface area contributed by atoms with E-state index in [-0.39, 0.29) is 12.5 Å². The standard InChI is InChI=1S/C14H24F3N5O/c1-10(2)4-6-20-12(18)21-7-5-13(23,14(15,16)17)11-19-8-9-22(11)3/h8-10,23H,4-7H2,1-3H3,(H3,18,20,21). The predicted molar refractivity (Wildman–Crippen MR) is 81.7 cm³/mol. The van der Waals surface area contributed by atoms with Crippen molar-refractivity contribution in [2.24, 2.45) is 23.7 Å². The molecule has 1 heterocycles. The number of aliphatic hydroxyl groups is 1. The molecule has 4 N–H and O–H groups in total. The third-order valence-electron chi connectivity index (χ3n) is 3.44. The molecule has 0 bridgehead atoms. The molecule has 1 atom stereocenters. The number of hydrogen-bond acceptors (Lipinski definition) is 3. The smallest absolute Gasteiger partial charge is 0.374 e. The highest BCUT2D eigenvalue weighted by Crippen LogP contribution is 2.40. The third kappa shape index (κ3) is 5.12. The first-order valence-corrected chi connectivity index (χ1v) is 7.38. The summed E-state index contributed by atoms with van der Waals surface area (Å²) in [5.41, 5.74) is 2.56. The van der Waals surface area contributed by atoms with Gasteiger partial charge < -0.3 is 20.7 Å². The quantitative estimate of drug-likeness (QED) is 0.521. The molecule has 0 fully saturated rings. The molecule has 23 heavy (non-hydrogen) atoms. The van der Waals surface area contributed by atoms with Crippen molar-refractivity contribution in [2.75, 3.05) is 13.1 Å². The first kappa shape index (κ1) is 19.3. The molecule has 0 aromatic carbocycles. The number of alkyl halides is 3. The summed E-state index contributed by atoms with van der Waals surface area (Å²) in [6.45, 7) is 4.39. The van der Waals surface area contributed by atoms with E-state index in [1.165, 1.54) is 19.4 Å². The van der Waals surface area contributed by atoms with Gasteiger partial charge in [-0.1, -0.05) is 13.8 Å². The van der Waals surface area contributed by atoms with Crippen molar-refractivity contribution in [2.45, 2.75) is 38.5 Å². The van der Waals surface area contributed by atoms with E-state index in [9.17, 15) is 18.3 Å². The lowest BCUT2D eigenvalue weighted by atomic mass is 9.97. The lowest BCUT2D eigenvalue weighted by Crippen LogP contribution is -2.47. The maximum atomic E-state index is 13.3. The van der Waals surface area contributed by atoms with Crippen LogP contribution in [0, 0.1) is 5.92 Å². The van der Waals surface area contributed by atoms with Crippen molar-refractivity contribution in [3.05, 3.63) is 18.2 Å². The molecular formula is C14H24F3N5O. The fourth-order valence-corrected chi connectivity index (χ4v) is 2.02. The van der Waals surface area contributed by atoms with Gasteiger partial charge in [-0.2, -0.15) is 13.2 Å². The van der Waals surface area contributed by atoms with Crippen LogP contribution in [0.15, 0.2) is 17.4 Å². The number of nitrogens with one attached hydrogen (secondary N) is 1. The minimum Gasteiger partial charge on any atom is -0.374 e. The maximum Gasteiger partial charge on any atom is 0.424 e. The zero-order valence-electron chi connectivity index (χ0n) is 13.6. The second-order valence-electron chi connectivity index (χ2n) is 5.85. The SMILES string of the molecule is CC(C)CCN=C(N)NCCC(O)(c1nccn1C)C(F)(F)F. The molecular weight excluding hydrogens is 311 g/mol. The van der Waals surface area contributed by atoms with Gasteiger partial charge in [0.15, 0.2) is 5.96 Å². The Bertz CT molecular complexity index is 527. The second kappa shape index (κ2) is 7.67. The molecule has 0 saturated carbocycles. The van der Waals surface area contributed by atoms with Crippen LogP contribution in [0.4, 0.5) is 13.2 Å². The molecule has 6 nitrogen and oxygen atoms in total. The molecule has 0 saturated heterocycles. The molecule has 132 valence electrons. The summed E-state index contributed by atoms with van der Waals surface area (Å²) in [6, 6.07) is 0. The number of aliphatic imine (C=N–C) groups is 1. The molecule has 0 amide bonds. The predicted octanol–water partition coefficient (Wildman–Crippen LogP) is 1.51. The number of guanidine groups is 1. The largest absolute Gasteiger partial charge is 0.424 e. The van der Waals surface area contributed by atoms with Crippen LogP contribution in [0.2, 0.25) is 0 Å². The van der Waals surface area contributed by atoms with Crippen molar-refractivity contribution in [3.8, 4) is 0 Å². The Morgan fingerprint density at radius 2 is 2.13 bits per heavy atom. The van der Waals surface area contributed by atoms with E-state index < -0.39 is 24.0 Å². The molecule has 9 heteroatoms. The number of aromatic nitrogens is 2. The Morgan fingerprint density at radius 3 is 2.61 bits per heavy atom. The number of nitrogens with zero attached hydrogens (tertiary/aromatic N) is 3. The summed E-state index contributed by atoms with van der Waals surface area (Å²) < 4.78 is 41.0. The summed E-state index contributed by atoms with van der Waals surface area (Å²) >= 11 is 0. The Balaban J connectivity index is 2.69. The van der Waals surface area contributed by atoms with Gasteiger partial charge in [0.05, 0.1) is 0 Å². The lowest BCUT2D eigenvalue weighted by Gasteiger charge is -2.30. The Morgan fingerprint density at radius 1 is 1.48 bits per heavy atom. The van der Waals surface area contributed by atoms with E-state index in [0.29, 0.717) is 12.5 Å². The normalized spacial score (nSPS) is 15.7. The molecule has 0 spiro atoms. The van der Waals surface area contributed by atoms with Crippen LogP contribution >= 0.6 is 0 Å². The van der Waals surface area contributed by atoms with Gasteiger partial charge in [-0.05, 0) is 12.3 Å².